The monoisotopic (exact) mass is 304 g/mol. The molecule has 1 aliphatic heterocycles. The summed E-state index contributed by atoms with van der Waals surface area (Å²) >= 11 is 0. The minimum Gasteiger partial charge on any atom is -0.497 e. The molecule has 1 N–H and O–H groups in total. The predicted octanol–water partition coefficient (Wildman–Crippen LogP) is 1.97. The third-order valence-electron chi connectivity index (χ3n) is 4.88. The lowest BCUT2D eigenvalue weighted by molar-refractivity contribution is 0.0515. The predicted molar refractivity (Wildman–Crippen MR) is 88.1 cm³/mol. The van der Waals surface area contributed by atoms with Crippen LogP contribution in [-0.4, -0.2) is 60.8 Å². The molecule has 0 radical (unpaired) electrons. The van der Waals surface area contributed by atoms with Gasteiger partial charge in [-0.15, -0.1) is 0 Å². The van der Waals surface area contributed by atoms with Crippen LogP contribution in [0.5, 0.6) is 5.75 Å². The van der Waals surface area contributed by atoms with E-state index in [9.17, 15) is 5.11 Å². The molecule has 3 rings (SSSR count). The zero-order valence-corrected chi connectivity index (χ0v) is 13.6. The Hall–Kier alpha value is -1.10. The van der Waals surface area contributed by atoms with E-state index in [0.717, 1.165) is 44.3 Å². The van der Waals surface area contributed by atoms with Gasteiger partial charge in [0, 0.05) is 45.4 Å². The Morgan fingerprint density at radius 3 is 2.86 bits per heavy atom. The van der Waals surface area contributed by atoms with Crippen LogP contribution in [0.15, 0.2) is 24.3 Å². The molecule has 0 aromatic heterocycles. The van der Waals surface area contributed by atoms with E-state index < -0.39 is 0 Å². The van der Waals surface area contributed by atoms with Crippen LogP contribution < -0.4 is 4.74 Å². The molecule has 2 fully saturated rings. The zero-order valence-electron chi connectivity index (χ0n) is 13.6. The second kappa shape index (κ2) is 7.44. The Bertz CT molecular complexity index is 476. The number of hydrogen-bond acceptors (Lipinski definition) is 4. The standard InChI is InChI=1S/C18H28N2O2/c1-22-18-4-2-3-16(11-18)13-20-9-8-19(12-15-5-6-15)14-17(20)7-10-21/h2-4,11,15,17,21H,5-10,12-14H2,1H3/t17-/m0/s1. The van der Waals surface area contributed by atoms with Crippen LogP contribution in [0, 0.1) is 5.92 Å². The summed E-state index contributed by atoms with van der Waals surface area (Å²) in [6, 6.07) is 8.78. The van der Waals surface area contributed by atoms with Crippen molar-refractivity contribution in [2.45, 2.75) is 31.8 Å². The quantitative estimate of drug-likeness (QED) is 0.835. The second-order valence-electron chi connectivity index (χ2n) is 6.69. The summed E-state index contributed by atoms with van der Waals surface area (Å²) in [5.41, 5.74) is 1.29. The number of aliphatic hydroxyl groups is 1. The molecule has 1 saturated carbocycles. The van der Waals surface area contributed by atoms with E-state index in [2.05, 4.69) is 28.0 Å². The van der Waals surface area contributed by atoms with Crippen molar-refractivity contribution in [3.63, 3.8) is 0 Å². The van der Waals surface area contributed by atoms with Crippen LogP contribution in [0.1, 0.15) is 24.8 Å². The van der Waals surface area contributed by atoms with Crippen molar-refractivity contribution in [3.05, 3.63) is 29.8 Å². The van der Waals surface area contributed by atoms with E-state index in [0.29, 0.717) is 6.04 Å². The molecule has 1 aromatic rings. The summed E-state index contributed by atoms with van der Waals surface area (Å²) in [5, 5.41) is 9.40. The van der Waals surface area contributed by atoms with Crippen LogP contribution >= 0.6 is 0 Å². The molecule has 1 aliphatic carbocycles. The van der Waals surface area contributed by atoms with Crippen LogP contribution in [-0.2, 0) is 6.54 Å². The Labute approximate surface area is 133 Å². The topological polar surface area (TPSA) is 35.9 Å². The van der Waals surface area contributed by atoms with E-state index in [-0.39, 0.29) is 6.61 Å². The number of aliphatic hydroxyl groups excluding tert-OH is 1. The number of benzene rings is 1. The van der Waals surface area contributed by atoms with E-state index >= 15 is 0 Å². The number of hydrogen-bond donors (Lipinski definition) is 1. The van der Waals surface area contributed by atoms with Gasteiger partial charge in [-0.3, -0.25) is 4.90 Å². The Morgan fingerprint density at radius 1 is 1.27 bits per heavy atom. The zero-order chi connectivity index (χ0) is 15.4. The highest BCUT2D eigenvalue weighted by atomic mass is 16.5. The normalized spacial score (nSPS) is 23.6. The fourth-order valence-corrected chi connectivity index (χ4v) is 3.43. The van der Waals surface area contributed by atoms with Gasteiger partial charge in [0.2, 0.25) is 0 Å². The molecular weight excluding hydrogens is 276 g/mol. The van der Waals surface area contributed by atoms with E-state index in [4.69, 9.17) is 4.74 Å². The third kappa shape index (κ3) is 4.22. The first-order valence-electron chi connectivity index (χ1n) is 8.48. The van der Waals surface area contributed by atoms with Gasteiger partial charge in [0.25, 0.3) is 0 Å². The average molecular weight is 304 g/mol. The minimum absolute atomic E-state index is 0.274. The summed E-state index contributed by atoms with van der Waals surface area (Å²) in [5.74, 6) is 1.86. The van der Waals surface area contributed by atoms with Gasteiger partial charge in [0.05, 0.1) is 7.11 Å². The van der Waals surface area contributed by atoms with Crippen molar-refractivity contribution in [2.24, 2.45) is 5.92 Å². The molecule has 2 aliphatic rings. The number of rotatable bonds is 7. The van der Waals surface area contributed by atoms with Gasteiger partial charge < -0.3 is 14.7 Å². The molecule has 4 heteroatoms. The Morgan fingerprint density at radius 2 is 2.14 bits per heavy atom. The minimum atomic E-state index is 0.274. The smallest absolute Gasteiger partial charge is 0.119 e. The van der Waals surface area contributed by atoms with Crippen molar-refractivity contribution in [1.29, 1.82) is 0 Å². The summed E-state index contributed by atoms with van der Waals surface area (Å²) < 4.78 is 5.32. The van der Waals surface area contributed by atoms with E-state index in [1.807, 2.05) is 6.07 Å². The number of methoxy groups -OCH3 is 1. The maximum atomic E-state index is 9.40. The first-order valence-corrected chi connectivity index (χ1v) is 8.48. The first kappa shape index (κ1) is 15.8. The highest BCUT2D eigenvalue weighted by molar-refractivity contribution is 5.28. The van der Waals surface area contributed by atoms with Crippen LogP contribution in [0.25, 0.3) is 0 Å². The molecular formula is C18H28N2O2. The van der Waals surface area contributed by atoms with Gasteiger partial charge in [-0.1, -0.05) is 12.1 Å². The molecule has 0 spiro atoms. The first-order chi connectivity index (χ1) is 10.8. The van der Waals surface area contributed by atoms with Crippen molar-refractivity contribution >= 4 is 0 Å². The summed E-state index contributed by atoms with van der Waals surface area (Å²) in [6.07, 6.45) is 3.69. The lowest BCUT2D eigenvalue weighted by atomic mass is 10.1. The molecule has 4 nitrogen and oxygen atoms in total. The second-order valence-corrected chi connectivity index (χ2v) is 6.69. The van der Waals surface area contributed by atoms with Crippen LogP contribution in [0.3, 0.4) is 0 Å². The summed E-state index contributed by atoms with van der Waals surface area (Å²) in [6.45, 7) is 5.82. The molecule has 0 bridgehead atoms. The molecule has 122 valence electrons. The average Bonchev–Trinajstić information content (AvgIpc) is 3.34. The molecule has 1 aromatic carbocycles. The van der Waals surface area contributed by atoms with Crippen LogP contribution in [0.2, 0.25) is 0 Å². The lowest BCUT2D eigenvalue weighted by Gasteiger charge is -2.41. The van der Waals surface area contributed by atoms with Gasteiger partial charge >= 0.3 is 0 Å². The van der Waals surface area contributed by atoms with Gasteiger partial charge in [-0.05, 0) is 42.9 Å². The van der Waals surface area contributed by atoms with Crippen molar-refractivity contribution < 1.29 is 9.84 Å². The molecule has 22 heavy (non-hydrogen) atoms. The van der Waals surface area contributed by atoms with Gasteiger partial charge in [-0.25, -0.2) is 0 Å². The van der Waals surface area contributed by atoms with Gasteiger partial charge in [0.15, 0.2) is 0 Å². The summed E-state index contributed by atoms with van der Waals surface area (Å²) in [4.78, 5) is 5.12. The number of nitrogens with zero attached hydrogens (tertiary/aromatic N) is 2. The molecule has 1 heterocycles. The third-order valence-corrected chi connectivity index (χ3v) is 4.88. The Balaban J connectivity index is 1.60. The highest BCUT2D eigenvalue weighted by Crippen LogP contribution is 2.30. The van der Waals surface area contributed by atoms with Crippen molar-refractivity contribution in [3.8, 4) is 5.75 Å². The van der Waals surface area contributed by atoms with E-state index in [1.165, 1.54) is 24.9 Å². The van der Waals surface area contributed by atoms with Crippen molar-refractivity contribution in [1.82, 2.24) is 9.80 Å². The van der Waals surface area contributed by atoms with Gasteiger partial charge in [-0.2, -0.15) is 0 Å². The molecule has 0 unspecified atom stereocenters. The summed E-state index contributed by atoms with van der Waals surface area (Å²) in [7, 11) is 1.71. The maximum absolute atomic E-state index is 9.40. The van der Waals surface area contributed by atoms with Crippen LogP contribution in [0.4, 0.5) is 0 Å². The van der Waals surface area contributed by atoms with Gasteiger partial charge in [0.1, 0.15) is 5.75 Å². The SMILES string of the molecule is COc1cccc(CN2CCN(CC3CC3)C[C@@H]2CCO)c1. The molecule has 0 amide bonds. The van der Waals surface area contributed by atoms with Crippen molar-refractivity contribution in [2.75, 3.05) is 39.9 Å². The fourth-order valence-electron chi connectivity index (χ4n) is 3.43. The fraction of sp³-hybridized carbons (Fsp3) is 0.667. The van der Waals surface area contributed by atoms with E-state index in [1.54, 1.807) is 7.11 Å². The highest BCUT2D eigenvalue weighted by Gasteiger charge is 2.30. The largest absolute Gasteiger partial charge is 0.497 e. The Kier molecular flexibility index (Phi) is 5.34. The molecule has 1 atom stereocenters. The maximum Gasteiger partial charge on any atom is 0.119 e. The number of piperazine rings is 1. The lowest BCUT2D eigenvalue weighted by Crippen LogP contribution is -2.53. The number of ether oxygens (including phenoxy) is 1. The molecule has 1 saturated heterocycles.